The Morgan fingerprint density at radius 3 is 2.77 bits per heavy atom. The lowest BCUT2D eigenvalue weighted by Crippen LogP contribution is -2.54. The van der Waals surface area contributed by atoms with E-state index >= 15 is 0 Å². The van der Waals surface area contributed by atoms with Crippen LogP contribution in [-0.4, -0.2) is 52.9 Å². The Morgan fingerprint density at radius 1 is 1.69 bits per heavy atom. The SMILES string of the molecule is CC(O)[C@@H]1CCC[N+]1(C)CC(=O)O. The summed E-state index contributed by atoms with van der Waals surface area (Å²) >= 11 is 0. The molecule has 1 rings (SSSR count). The predicted molar refractivity (Wildman–Crippen MR) is 48.3 cm³/mol. The zero-order valence-electron chi connectivity index (χ0n) is 8.23. The van der Waals surface area contributed by atoms with Gasteiger partial charge in [-0.3, -0.25) is 0 Å². The number of quaternary nitrogens is 1. The van der Waals surface area contributed by atoms with Gasteiger partial charge in [0.25, 0.3) is 0 Å². The van der Waals surface area contributed by atoms with Crippen molar-refractivity contribution in [2.24, 2.45) is 0 Å². The number of aliphatic carboxylic acids is 1. The van der Waals surface area contributed by atoms with Crippen LogP contribution in [0.5, 0.6) is 0 Å². The fraction of sp³-hybridized carbons (Fsp3) is 0.889. The molecule has 13 heavy (non-hydrogen) atoms. The van der Waals surface area contributed by atoms with Crippen LogP contribution in [0, 0.1) is 0 Å². The standard InChI is InChI=1S/C9H17NO3/c1-7(11)8-4-3-5-10(8,2)6-9(12)13/h7-8,11H,3-6H2,1-2H3/p+1/t7?,8-,10?/m0/s1. The monoisotopic (exact) mass is 188 g/mol. The number of hydrogen-bond acceptors (Lipinski definition) is 2. The van der Waals surface area contributed by atoms with Crippen LogP contribution in [0.1, 0.15) is 19.8 Å². The summed E-state index contributed by atoms with van der Waals surface area (Å²) in [6, 6.07) is 0.0936. The molecule has 3 atom stereocenters. The quantitative estimate of drug-likeness (QED) is 0.616. The number of carboxylic acid groups (broad SMARTS) is 1. The van der Waals surface area contributed by atoms with E-state index in [4.69, 9.17) is 5.11 Å². The molecule has 2 N–H and O–H groups in total. The highest BCUT2D eigenvalue weighted by molar-refractivity contribution is 5.68. The number of aliphatic hydroxyl groups is 1. The van der Waals surface area contributed by atoms with Gasteiger partial charge in [0.05, 0.1) is 13.6 Å². The van der Waals surface area contributed by atoms with Crippen molar-refractivity contribution < 1.29 is 19.5 Å². The van der Waals surface area contributed by atoms with Gasteiger partial charge in [0.1, 0.15) is 12.1 Å². The van der Waals surface area contributed by atoms with Gasteiger partial charge >= 0.3 is 5.97 Å². The molecule has 0 spiro atoms. The molecule has 0 aromatic rings. The molecule has 0 amide bonds. The lowest BCUT2D eigenvalue weighted by Gasteiger charge is -2.36. The second-order valence-corrected chi connectivity index (χ2v) is 4.21. The van der Waals surface area contributed by atoms with Crippen molar-refractivity contribution in [3.63, 3.8) is 0 Å². The van der Waals surface area contributed by atoms with Crippen molar-refractivity contribution in [2.75, 3.05) is 20.1 Å². The Hall–Kier alpha value is -0.610. The minimum absolute atomic E-state index is 0.0936. The maximum atomic E-state index is 10.6. The van der Waals surface area contributed by atoms with Crippen LogP contribution in [0.15, 0.2) is 0 Å². The van der Waals surface area contributed by atoms with E-state index < -0.39 is 12.1 Å². The molecule has 0 aromatic heterocycles. The smallest absolute Gasteiger partial charge is 0.359 e. The maximum Gasteiger partial charge on any atom is 0.359 e. The van der Waals surface area contributed by atoms with Gasteiger partial charge in [0.2, 0.25) is 0 Å². The molecule has 4 nitrogen and oxygen atoms in total. The number of carboxylic acids is 1. The summed E-state index contributed by atoms with van der Waals surface area (Å²) in [5, 5.41) is 18.2. The lowest BCUT2D eigenvalue weighted by molar-refractivity contribution is -0.917. The fourth-order valence-corrected chi connectivity index (χ4v) is 2.41. The topological polar surface area (TPSA) is 57.5 Å². The van der Waals surface area contributed by atoms with E-state index in [0.717, 1.165) is 19.4 Å². The van der Waals surface area contributed by atoms with E-state index in [1.54, 1.807) is 6.92 Å². The zero-order chi connectivity index (χ0) is 10.1. The Bertz CT molecular complexity index is 205. The van der Waals surface area contributed by atoms with Crippen LogP contribution >= 0.6 is 0 Å². The van der Waals surface area contributed by atoms with E-state index in [2.05, 4.69) is 0 Å². The molecule has 1 heterocycles. The number of likely N-dealkylation sites (tertiary alicyclic amines) is 1. The van der Waals surface area contributed by atoms with Crippen molar-refractivity contribution in [3.05, 3.63) is 0 Å². The first-order chi connectivity index (χ1) is 5.96. The van der Waals surface area contributed by atoms with Crippen LogP contribution in [-0.2, 0) is 4.79 Å². The molecule has 1 aliphatic heterocycles. The fourth-order valence-electron chi connectivity index (χ4n) is 2.41. The van der Waals surface area contributed by atoms with Gasteiger partial charge in [0.15, 0.2) is 6.54 Å². The summed E-state index contributed by atoms with van der Waals surface area (Å²) in [6.07, 6.45) is 1.53. The first kappa shape index (κ1) is 10.5. The molecule has 0 bridgehead atoms. The van der Waals surface area contributed by atoms with Crippen molar-refractivity contribution in [1.29, 1.82) is 0 Å². The number of hydrogen-bond donors (Lipinski definition) is 2. The maximum absolute atomic E-state index is 10.6. The zero-order valence-corrected chi connectivity index (χ0v) is 8.23. The molecule has 2 unspecified atom stereocenters. The largest absolute Gasteiger partial charge is 0.477 e. The summed E-state index contributed by atoms with van der Waals surface area (Å²) in [6.45, 7) is 2.73. The molecule has 1 saturated heterocycles. The molecule has 76 valence electrons. The average molecular weight is 188 g/mol. The van der Waals surface area contributed by atoms with Crippen LogP contribution in [0.25, 0.3) is 0 Å². The van der Waals surface area contributed by atoms with Gasteiger partial charge in [0, 0.05) is 12.8 Å². The number of nitrogens with zero attached hydrogens (tertiary/aromatic N) is 1. The van der Waals surface area contributed by atoms with E-state index in [1.807, 2.05) is 7.05 Å². The summed E-state index contributed by atoms with van der Waals surface area (Å²) in [5.74, 6) is -0.782. The second kappa shape index (κ2) is 3.64. The number of aliphatic hydroxyl groups excluding tert-OH is 1. The van der Waals surface area contributed by atoms with Gasteiger partial charge in [-0.25, -0.2) is 4.79 Å². The molecule has 0 aromatic carbocycles. The Morgan fingerprint density at radius 2 is 2.31 bits per heavy atom. The van der Waals surface area contributed by atoms with Crippen LogP contribution < -0.4 is 0 Å². The van der Waals surface area contributed by atoms with Gasteiger partial charge in [-0.2, -0.15) is 0 Å². The second-order valence-electron chi connectivity index (χ2n) is 4.21. The highest BCUT2D eigenvalue weighted by Crippen LogP contribution is 2.26. The third kappa shape index (κ3) is 2.19. The first-order valence-electron chi connectivity index (χ1n) is 4.70. The van der Waals surface area contributed by atoms with E-state index in [9.17, 15) is 9.90 Å². The van der Waals surface area contributed by atoms with Crippen molar-refractivity contribution in [1.82, 2.24) is 0 Å². The normalized spacial score (nSPS) is 36.1. The summed E-state index contributed by atoms with van der Waals surface area (Å²) in [7, 11) is 1.92. The van der Waals surface area contributed by atoms with Crippen molar-refractivity contribution in [2.45, 2.75) is 31.9 Å². The summed E-state index contributed by atoms with van der Waals surface area (Å²) < 4.78 is 0.479. The molecular weight excluding hydrogens is 170 g/mol. The average Bonchev–Trinajstić information content (AvgIpc) is 2.28. The molecule has 1 fully saturated rings. The third-order valence-electron chi connectivity index (χ3n) is 3.02. The molecule has 4 heteroatoms. The van der Waals surface area contributed by atoms with Gasteiger partial charge < -0.3 is 14.7 Å². The van der Waals surface area contributed by atoms with Crippen LogP contribution in [0.2, 0.25) is 0 Å². The Kier molecular flexibility index (Phi) is 2.93. The minimum Gasteiger partial charge on any atom is -0.477 e. The molecule has 0 radical (unpaired) electrons. The molecular formula is C9H18NO3+. The van der Waals surface area contributed by atoms with Gasteiger partial charge in [-0.1, -0.05) is 0 Å². The van der Waals surface area contributed by atoms with E-state index in [1.165, 1.54) is 0 Å². The Balaban J connectivity index is 2.69. The van der Waals surface area contributed by atoms with Crippen LogP contribution in [0.3, 0.4) is 0 Å². The third-order valence-corrected chi connectivity index (χ3v) is 3.02. The number of carbonyl (C=O) groups is 1. The Labute approximate surface area is 78.4 Å². The first-order valence-corrected chi connectivity index (χ1v) is 4.70. The molecule has 1 aliphatic rings. The molecule has 0 saturated carbocycles. The van der Waals surface area contributed by atoms with E-state index in [-0.39, 0.29) is 12.6 Å². The number of rotatable bonds is 3. The summed E-state index contributed by atoms with van der Waals surface area (Å²) in [4.78, 5) is 10.6. The van der Waals surface area contributed by atoms with Gasteiger partial charge in [-0.05, 0) is 6.92 Å². The van der Waals surface area contributed by atoms with E-state index in [0.29, 0.717) is 4.48 Å². The summed E-state index contributed by atoms with van der Waals surface area (Å²) in [5.41, 5.74) is 0. The number of likely N-dealkylation sites (N-methyl/N-ethyl adjacent to an activating group) is 1. The molecule has 0 aliphatic carbocycles. The predicted octanol–water partition coefficient (Wildman–Crippen LogP) is 0.0608. The van der Waals surface area contributed by atoms with Gasteiger partial charge in [-0.15, -0.1) is 0 Å². The van der Waals surface area contributed by atoms with Crippen LogP contribution in [0.4, 0.5) is 0 Å². The van der Waals surface area contributed by atoms with Crippen molar-refractivity contribution >= 4 is 5.97 Å². The highest BCUT2D eigenvalue weighted by atomic mass is 16.4. The highest BCUT2D eigenvalue weighted by Gasteiger charge is 2.42. The van der Waals surface area contributed by atoms with Crippen molar-refractivity contribution in [3.8, 4) is 0 Å². The lowest BCUT2D eigenvalue weighted by atomic mass is 10.1. The minimum atomic E-state index is -0.782.